The zero-order valence-electron chi connectivity index (χ0n) is 15.5. The number of ether oxygens (including phenoxy) is 1. The second-order valence-corrected chi connectivity index (χ2v) is 7.43. The maximum absolute atomic E-state index is 12.1. The Hall–Kier alpha value is -2.79. The maximum Gasteiger partial charge on any atom is 0.310 e. The Morgan fingerprint density at radius 1 is 1.19 bits per heavy atom. The third-order valence-electron chi connectivity index (χ3n) is 5.56. The Morgan fingerprint density at radius 2 is 1.85 bits per heavy atom. The summed E-state index contributed by atoms with van der Waals surface area (Å²) >= 11 is 0. The number of benzene rings is 2. The monoisotopic (exact) mass is 344 g/mol. The fourth-order valence-corrected chi connectivity index (χ4v) is 3.45. The van der Waals surface area contributed by atoms with Gasteiger partial charge in [0, 0.05) is 5.56 Å². The Balaban J connectivity index is 1.66. The molecule has 0 heterocycles. The fraction of sp³-hybridized carbons (Fsp3) is 0.292. The Kier molecular flexibility index (Phi) is 5.00. The first-order valence-corrected chi connectivity index (χ1v) is 8.94. The molecule has 26 heavy (non-hydrogen) atoms. The van der Waals surface area contributed by atoms with Crippen molar-refractivity contribution in [1.82, 2.24) is 0 Å². The quantitative estimate of drug-likeness (QED) is 0.551. The minimum atomic E-state index is -0.0923. The number of terminal acetylenes is 1. The van der Waals surface area contributed by atoms with Gasteiger partial charge in [-0.1, -0.05) is 69.2 Å². The minimum Gasteiger partial charge on any atom is -0.461 e. The van der Waals surface area contributed by atoms with Crippen molar-refractivity contribution in [3.8, 4) is 23.5 Å². The van der Waals surface area contributed by atoms with Crippen molar-refractivity contribution in [1.29, 1.82) is 0 Å². The predicted octanol–water partition coefficient (Wildman–Crippen LogP) is 5.18. The van der Waals surface area contributed by atoms with Gasteiger partial charge >= 0.3 is 5.97 Å². The Labute approximate surface area is 155 Å². The zero-order valence-corrected chi connectivity index (χ0v) is 15.5. The summed E-state index contributed by atoms with van der Waals surface area (Å²) in [4.78, 5) is 12.1. The van der Waals surface area contributed by atoms with Gasteiger partial charge < -0.3 is 4.74 Å². The third kappa shape index (κ3) is 3.58. The summed E-state index contributed by atoms with van der Waals surface area (Å²) in [7, 11) is 0. The standard InChI is InChI=1S/C24H24O2/c1-5-18-12-14-20(15-13-18)21-11-7-6-9-19(21)10-8-16-26-23(25)22-17(2)24(22,3)4/h1,6-15,17,22H,16H2,2-4H3/b10-8+. The molecule has 1 fully saturated rings. The van der Waals surface area contributed by atoms with E-state index in [1.54, 1.807) is 0 Å². The third-order valence-corrected chi connectivity index (χ3v) is 5.56. The molecule has 0 radical (unpaired) electrons. The largest absolute Gasteiger partial charge is 0.461 e. The van der Waals surface area contributed by atoms with Gasteiger partial charge in [0.05, 0.1) is 5.92 Å². The number of esters is 1. The molecule has 2 aromatic carbocycles. The molecule has 0 saturated heterocycles. The summed E-state index contributed by atoms with van der Waals surface area (Å²) in [6.45, 7) is 6.62. The van der Waals surface area contributed by atoms with Crippen molar-refractivity contribution < 1.29 is 9.53 Å². The second kappa shape index (κ2) is 7.22. The molecule has 2 nitrogen and oxygen atoms in total. The highest BCUT2D eigenvalue weighted by atomic mass is 16.5. The molecule has 2 aromatic rings. The number of hydrogen-bond acceptors (Lipinski definition) is 2. The first-order chi connectivity index (χ1) is 12.4. The molecule has 0 amide bonds. The SMILES string of the molecule is C#Cc1ccc(-c2ccccc2/C=C/COC(=O)C2C(C)C2(C)C)cc1. The molecule has 132 valence electrons. The highest BCUT2D eigenvalue weighted by molar-refractivity contribution is 5.78. The van der Waals surface area contributed by atoms with E-state index in [2.05, 4.69) is 38.8 Å². The van der Waals surface area contributed by atoms with E-state index in [4.69, 9.17) is 11.2 Å². The van der Waals surface area contributed by atoms with Gasteiger partial charge in [-0.15, -0.1) is 6.42 Å². The van der Waals surface area contributed by atoms with Crippen molar-refractivity contribution in [2.75, 3.05) is 6.61 Å². The van der Waals surface area contributed by atoms with E-state index in [1.807, 2.05) is 48.6 Å². The molecule has 2 atom stereocenters. The molecular weight excluding hydrogens is 320 g/mol. The summed E-state index contributed by atoms with van der Waals surface area (Å²) < 4.78 is 5.42. The molecule has 0 bridgehead atoms. The van der Waals surface area contributed by atoms with Gasteiger partial charge in [0.15, 0.2) is 0 Å². The molecule has 0 N–H and O–H groups in total. The summed E-state index contributed by atoms with van der Waals surface area (Å²) in [6.07, 6.45) is 9.32. The van der Waals surface area contributed by atoms with Crippen LogP contribution in [0, 0.1) is 29.6 Å². The molecule has 3 rings (SSSR count). The normalized spacial score (nSPS) is 20.5. The van der Waals surface area contributed by atoms with Crippen LogP contribution in [-0.4, -0.2) is 12.6 Å². The van der Waals surface area contributed by atoms with Crippen LogP contribution in [0.4, 0.5) is 0 Å². The molecule has 0 spiro atoms. The van der Waals surface area contributed by atoms with Crippen molar-refractivity contribution >= 4 is 12.0 Å². The Morgan fingerprint density at radius 3 is 2.46 bits per heavy atom. The Bertz CT molecular complexity index is 866. The van der Waals surface area contributed by atoms with E-state index < -0.39 is 0 Å². The summed E-state index contributed by atoms with van der Waals surface area (Å²) in [5, 5.41) is 0. The highest BCUT2D eigenvalue weighted by Crippen LogP contribution is 2.58. The predicted molar refractivity (Wildman–Crippen MR) is 106 cm³/mol. The fourth-order valence-electron chi connectivity index (χ4n) is 3.45. The van der Waals surface area contributed by atoms with Gasteiger partial charge in [0.25, 0.3) is 0 Å². The lowest BCUT2D eigenvalue weighted by Crippen LogP contribution is -2.10. The van der Waals surface area contributed by atoms with Crippen molar-refractivity contribution in [3.05, 3.63) is 65.7 Å². The first kappa shape index (κ1) is 18.0. The van der Waals surface area contributed by atoms with E-state index in [-0.39, 0.29) is 17.3 Å². The number of rotatable bonds is 5. The molecule has 1 aliphatic rings. The van der Waals surface area contributed by atoms with Crippen LogP contribution in [0.5, 0.6) is 0 Å². The lowest BCUT2D eigenvalue weighted by Gasteiger charge is -2.07. The van der Waals surface area contributed by atoms with Crippen molar-refractivity contribution in [2.24, 2.45) is 17.3 Å². The lowest BCUT2D eigenvalue weighted by molar-refractivity contribution is -0.145. The summed E-state index contributed by atoms with van der Waals surface area (Å²) in [5.41, 5.74) is 4.24. The molecule has 0 aliphatic heterocycles. The van der Waals surface area contributed by atoms with Crippen LogP contribution in [0.1, 0.15) is 31.9 Å². The van der Waals surface area contributed by atoms with Crippen LogP contribution in [0.15, 0.2) is 54.6 Å². The minimum absolute atomic E-state index is 0.0258. The van der Waals surface area contributed by atoms with E-state index in [9.17, 15) is 4.79 Å². The van der Waals surface area contributed by atoms with Gasteiger partial charge in [-0.2, -0.15) is 0 Å². The van der Waals surface area contributed by atoms with Gasteiger partial charge in [-0.3, -0.25) is 4.79 Å². The lowest BCUT2D eigenvalue weighted by atomic mass is 9.98. The van der Waals surface area contributed by atoms with Gasteiger partial charge in [0.1, 0.15) is 6.61 Å². The summed E-state index contributed by atoms with van der Waals surface area (Å²) in [5.74, 6) is 2.96. The van der Waals surface area contributed by atoms with Gasteiger partial charge in [-0.05, 0) is 46.2 Å². The average Bonchev–Trinajstić information content (AvgIpc) is 3.16. The van der Waals surface area contributed by atoms with E-state index >= 15 is 0 Å². The zero-order chi connectivity index (χ0) is 18.7. The number of carbonyl (C=O) groups is 1. The number of carbonyl (C=O) groups excluding carboxylic acids is 1. The van der Waals surface area contributed by atoms with Crippen LogP contribution in [0.25, 0.3) is 17.2 Å². The van der Waals surface area contributed by atoms with Gasteiger partial charge in [0.2, 0.25) is 0 Å². The molecule has 0 aromatic heterocycles. The topological polar surface area (TPSA) is 26.3 Å². The highest BCUT2D eigenvalue weighted by Gasteiger charge is 2.59. The van der Waals surface area contributed by atoms with Crippen LogP contribution in [-0.2, 0) is 9.53 Å². The van der Waals surface area contributed by atoms with E-state index in [1.165, 1.54) is 0 Å². The first-order valence-electron chi connectivity index (χ1n) is 8.94. The average molecular weight is 344 g/mol. The smallest absolute Gasteiger partial charge is 0.310 e. The maximum atomic E-state index is 12.1. The molecule has 2 heteroatoms. The van der Waals surface area contributed by atoms with Crippen LogP contribution < -0.4 is 0 Å². The van der Waals surface area contributed by atoms with Crippen molar-refractivity contribution in [3.63, 3.8) is 0 Å². The molecular formula is C24H24O2. The van der Waals surface area contributed by atoms with E-state index in [0.717, 1.165) is 22.3 Å². The van der Waals surface area contributed by atoms with Crippen LogP contribution in [0.2, 0.25) is 0 Å². The van der Waals surface area contributed by atoms with Crippen LogP contribution in [0.3, 0.4) is 0 Å². The molecule has 1 saturated carbocycles. The molecule has 2 unspecified atom stereocenters. The van der Waals surface area contributed by atoms with Gasteiger partial charge in [-0.25, -0.2) is 0 Å². The van der Waals surface area contributed by atoms with Crippen molar-refractivity contribution in [2.45, 2.75) is 20.8 Å². The molecule has 1 aliphatic carbocycles. The number of hydrogen-bond donors (Lipinski definition) is 0. The van der Waals surface area contributed by atoms with Crippen LogP contribution >= 0.6 is 0 Å². The van der Waals surface area contributed by atoms with E-state index in [0.29, 0.717) is 12.5 Å². The second-order valence-electron chi connectivity index (χ2n) is 7.43. The summed E-state index contributed by atoms with van der Waals surface area (Å²) in [6, 6.07) is 16.1.